The van der Waals surface area contributed by atoms with E-state index < -0.39 is 0 Å². The average molecular weight is 423 g/mol. The van der Waals surface area contributed by atoms with Crippen molar-refractivity contribution in [2.45, 2.75) is 12.5 Å². The zero-order valence-corrected chi connectivity index (χ0v) is 18.3. The van der Waals surface area contributed by atoms with Crippen molar-refractivity contribution in [1.82, 2.24) is 19.9 Å². The summed E-state index contributed by atoms with van der Waals surface area (Å²) < 4.78 is 6.22. The number of benzene rings is 2. The van der Waals surface area contributed by atoms with Crippen LogP contribution in [0.25, 0.3) is 32.8 Å². The molecule has 5 aromatic rings. The predicted molar refractivity (Wildman–Crippen MR) is 130 cm³/mol. The number of para-hydroxylation sites is 1. The zero-order chi connectivity index (χ0) is 21.9. The fraction of sp³-hybridized carbons (Fsp3) is 0.185. The second-order valence-electron chi connectivity index (χ2n) is 8.34. The Bertz CT molecular complexity index is 1360. The summed E-state index contributed by atoms with van der Waals surface area (Å²) in [5.74, 6) is 0.781. The highest BCUT2D eigenvalue weighted by Crippen LogP contribution is 2.26. The van der Waals surface area contributed by atoms with E-state index in [2.05, 4.69) is 88.7 Å². The van der Waals surface area contributed by atoms with E-state index in [4.69, 9.17) is 4.74 Å². The Hall–Kier alpha value is -3.70. The summed E-state index contributed by atoms with van der Waals surface area (Å²) in [5, 5.41) is 3.56. The smallest absolute Gasteiger partial charge is 0.138 e. The van der Waals surface area contributed by atoms with E-state index in [1.807, 2.05) is 24.7 Å². The highest BCUT2D eigenvalue weighted by molar-refractivity contribution is 5.86. The van der Waals surface area contributed by atoms with Crippen LogP contribution in [0.5, 0.6) is 5.75 Å². The Kier molecular flexibility index (Phi) is 5.57. The van der Waals surface area contributed by atoms with Crippen molar-refractivity contribution in [3.63, 3.8) is 0 Å². The molecule has 0 saturated carbocycles. The van der Waals surface area contributed by atoms with E-state index in [-0.39, 0.29) is 6.04 Å². The molecule has 0 aliphatic heterocycles. The van der Waals surface area contributed by atoms with Gasteiger partial charge in [-0.25, -0.2) is 0 Å². The molecular weight excluding hydrogens is 396 g/mol. The zero-order valence-electron chi connectivity index (χ0n) is 18.3. The lowest BCUT2D eigenvalue weighted by atomic mass is 10.0. The van der Waals surface area contributed by atoms with Crippen molar-refractivity contribution in [3.05, 3.63) is 91.1 Å². The highest BCUT2D eigenvalue weighted by atomic mass is 16.5. The quantitative estimate of drug-likeness (QED) is 0.385. The summed E-state index contributed by atoms with van der Waals surface area (Å²) in [4.78, 5) is 14.2. The van der Waals surface area contributed by atoms with Crippen LogP contribution in [0.3, 0.4) is 0 Å². The van der Waals surface area contributed by atoms with Gasteiger partial charge in [0.1, 0.15) is 12.4 Å². The van der Waals surface area contributed by atoms with E-state index in [0.717, 1.165) is 34.1 Å². The molecule has 5 heteroatoms. The Labute approximate surface area is 187 Å². The van der Waals surface area contributed by atoms with Crippen molar-refractivity contribution < 1.29 is 4.74 Å². The first-order valence-corrected chi connectivity index (χ1v) is 10.8. The second-order valence-corrected chi connectivity index (χ2v) is 8.34. The van der Waals surface area contributed by atoms with Gasteiger partial charge in [0.25, 0.3) is 0 Å². The SMILES string of the molecule is CN(C)[C@H](COc1cncc(-c2ccc3cnccc3c2)c1)Cc1c[nH]c2ccccc12. The summed E-state index contributed by atoms with van der Waals surface area (Å²) in [7, 11) is 4.20. The van der Waals surface area contributed by atoms with Crippen molar-refractivity contribution >= 4 is 21.7 Å². The number of nitrogens with zero attached hydrogens (tertiary/aromatic N) is 3. The summed E-state index contributed by atoms with van der Waals surface area (Å²) in [6.07, 6.45) is 10.4. The number of hydrogen-bond acceptors (Lipinski definition) is 4. The lowest BCUT2D eigenvalue weighted by molar-refractivity contribution is 0.184. The maximum absolute atomic E-state index is 6.22. The van der Waals surface area contributed by atoms with Gasteiger partial charge in [-0.1, -0.05) is 30.3 Å². The van der Waals surface area contributed by atoms with Gasteiger partial charge in [-0.3, -0.25) is 9.97 Å². The van der Waals surface area contributed by atoms with Crippen LogP contribution in [0.15, 0.2) is 85.6 Å². The summed E-state index contributed by atoms with van der Waals surface area (Å²) >= 11 is 0. The second kappa shape index (κ2) is 8.81. The molecule has 0 unspecified atom stereocenters. The molecule has 1 N–H and O–H groups in total. The first-order valence-electron chi connectivity index (χ1n) is 10.8. The minimum atomic E-state index is 0.242. The largest absolute Gasteiger partial charge is 0.490 e. The molecule has 3 aromatic heterocycles. The molecule has 1 atom stereocenters. The standard InChI is InChI=1S/C27H26N4O/c1-31(2)24(12-23-16-30-27-6-4-3-5-26(23)27)18-32-25-13-22(15-29-17-25)19-7-8-21-14-28-10-9-20(21)11-19/h3-11,13-17,24,30H,12,18H2,1-2H3/t24-/m0/s1. The van der Waals surface area contributed by atoms with Crippen LogP contribution in [-0.2, 0) is 6.42 Å². The van der Waals surface area contributed by atoms with Crippen LogP contribution in [0.1, 0.15) is 5.56 Å². The number of aromatic amines is 1. The van der Waals surface area contributed by atoms with Gasteiger partial charge in [-0.15, -0.1) is 0 Å². The number of nitrogens with one attached hydrogen (secondary N) is 1. The van der Waals surface area contributed by atoms with Gasteiger partial charge < -0.3 is 14.6 Å². The number of likely N-dealkylation sites (N-methyl/N-ethyl adjacent to an activating group) is 1. The summed E-state index contributed by atoms with van der Waals surface area (Å²) in [6.45, 7) is 0.584. The van der Waals surface area contributed by atoms with Gasteiger partial charge >= 0.3 is 0 Å². The molecule has 2 aromatic carbocycles. The molecule has 0 aliphatic rings. The maximum atomic E-state index is 6.22. The van der Waals surface area contributed by atoms with Crippen LogP contribution in [0.4, 0.5) is 0 Å². The van der Waals surface area contributed by atoms with Crippen LogP contribution >= 0.6 is 0 Å². The fourth-order valence-electron chi connectivity index (χ4n) is 4.06. The van der Waals surface area contributed by atoms with Crippen LogP contribution < -0.4 is 4.74 Å². The number of aromatic nitrogens is 3. The molecule has 160 valence electrons. The lowest BCUT2D eigenvalue weighted by Crippen LogP contribution is -2.35. The molecule has 0 aliphatic carbocycles. The molecule has 0 spiro atoms. The lowest BCUT2D eigenvalue weighted by Gasteiger charge is -2.24. The van der Waals surface area contributed by atoms with Crippen LogP contribution in [0.2, 0.25) is 0 Å². The predicted octanol–water partition coefficient (Wildman–Crippen LogP) is 5.33. The van der Waals surface area contributed by atoms with Gasteiger partial charge in [0, 0.05) is 52.7 Å². The van der Waals surface area contributed by atoms with Crippen molar-refractivity contribution in [1.29, 1.82) is 0 Å². The highest BCUT2D eigenvalue weighted by Gasteiger charge is 2.16. The topological polar surface area (TPSA) is 54.0 Å². The molecule has 5 nitrogen and oxygen atoms in total. The van der Waals surface area contributed by atoms with Gasteiger partial charge in [-0.05, 0) is 61.3 Å². The third kappa shape index (κ3) is 4.20. The third-order valence-electron chi connectivity index (χ3n) is 5.99. The van der Waals surface area contributed by atoms with Crippen molar-refractivity contribution in [2.24, 2.45) is 0 Å². The summed E-state index contributed by atoms with van der Waals surface area (Å²) in [5.41, 5.74) is 4.63. The van der Waals surface area contributed by atoms with Gasteiger partial charge in [-0.2, -0.15) is 0 Å². The number of ether oxygens (including phenoxy) is 1. The monoisotopic (exact) mass is 422 g/mol. The Balaban J connectivity index is 1.32. The fourth-order valence-corrected chi connectivity index (χ4v) is 4.06. The van der Waals surface area contributed by atoms with Gasteiger partial charge in [0.2, 0.25) is 0 Å². The number of H-pyrrole nitrogens is 1. The van der Waals surface area contributed by atoms with Gasteiger partial charge in [0.05, 0.1) is 6.20 Å². The number of fused-ring (bicyclic) bond motifs is 2. The van der Waals surface area contributed by atoms with Crippen molar-refractivity contribution in [3.8, 4) is 16.9 Å². The van der Waals surface area contributed by atoms with E-state index in [9.17, 15) is 0 Å². The molecule has 3 heterocycles. The summed E-state index contributed by atoms with van der Waals surface area (Å²) in [6, 6.07) is 19.1. The number of rotatable bonds is 7. The molecule has 0 fully saturated rings. The number of pyridine rings is 2. The van der Waals surface area contributed by atoms with Gasteiger partial charge in [0.15, 0.2) is 0 Å². The first-order chi connectivity index (χ1) is 15.7. The molecule has 32 heavy (non-hydrogen) atoms. The van der Waals surface area contributed by atoms with E-state index >= 15 is 0 Å². The number of hydrogen-bond donors (Lipinski definition) is 1. The third-order valence-corrected chi connectivity index (χ3v) is 5.99. The molecule has 0 saturated heterocycles. The van der Waals surface area contributed by atoms with Crippen LogP contribution in [-0.4, -0.2) is 46.6 Å². The van der Waals surface area contributed by atoms with E-state index in [1.54, 1.807) is 6.20 Å². The Morgan fingerprint density at radius 2 is 1.81 bits per heavy atom. The minimum absolute atomic E-state index is 0.242. The minimum Gasteiger partial charge on any atom is -0.490 e. The molecular formula is C27H26N4O. The first kappa shape index (κ1) is 20.2. The van der Waals surface area contributed by atoms with Crippen LogP contribution in [0, 0.1) is 0 Å². The Morgan fingerprint density at radius 1 is 0.906 bits per heavy atom. The molecule has 5 rings (SSSR count). The maximum Gasteiger partial charge on any atom is 0.138 e. The van der Waals surface area contributed by atoms with Crippen molar-refractivity contribution in [2.75, 3.05) is 20.7 Å². The van der Waals surface area contributed by atoms with E-state index in [0.29, 0.717) is 6.61 Å². The average Bonchev–Trinajstić information content (AvgIpc) is 3.24. The molecule has 0 radical (unpaired) electrons. The van der Waals surface area contributed by atoms with E-state index in [1.165, 1.54) is 16.5 Å². The molecule has 0 amide bonds. The Morgan fingerprint density at radius 3 is 2.72 bits per heavy atom. The normalized spacial score (nSPS) is 12.5. The molecule has 0 bridgehead atoms.